The van der Waals surface area contributed by atoms with E-state index in [0.717, 1.165) is 35.2 Å². The molecule has 0 saturated heterocycles. The fourth-order valence-corrected chi connectivity index (χ4v) is 3.79. The zero-order valence-corrected chi connectivity index (χ0v) is 16.3. The van der Waals surface area contributed by atoms with Gasteiger partial charge in [0.15, 0.2) is 11.6 Å². The average Bonchev–Trinajstić information content (AvgIpc) is 2.70. The Morgan fingerprint density at radius 2 is 2.29 bits per heavy atom. The van der Waals surface area contributed by atoms with Gasteiger partial charge in [-0.15, -0.1) is 0 Å². The summed E-state index contributed by atoms with van der Waals surface area (Å²) in [6, 6.07) is 4.09. The SMILES string of the molecule is C=C1C(C)=CN2c3c(c(NCCCc4cccnc4)c(F)c(N)c31)OC[C@@H]2C. The van der Waals surface area contributed by atoms with Gasteiger partial charge in [-0.1, -0.05) is 12.6 Å². The van der Waals surface area contributed by atoms with Crippen LogP contribution in [0.5, 0.6) is 5.75 Å². The highest BCUT2D eigenvalue weighted by Gasteiger charge is 2.36. The third-order valence-electron chi connectivity index (χ3n) is 5.38. The van der Waals surface area contributed by atoms with Crippen LogP contribution in [0, 0.1) is 5.82 Å². The second-order valence-electron chi connectivity index (χ2n) is 7.40. The molecule has 6 heteroatoms. The van der Waals surface area contributed by atoms with Gasteiger partial charge in [0, 0.05) is 30.7 Å². The number of nitrogens with one attached hydrogen (secondary N) is 1. The van der Waals surface area contributed by atoms with Gasteiger partial charge in [0.1, 0.15) is 12.3 Å². The minimum atomic E-state index is -0.472. The molecule has 0 bridgehead atoms. The molecule has 3 N–H and O–H groups in total. The summed E-state index contributed by atoms with van der Waals surface area (Å²) < 4.78 is 21.1. The molecule has 2 aliphatic heterocycles. The van der Waals surface area contributed by atoms with Gasteiger partial charge in [0.25, 0.3) is 0 Å². The van der Waals surface area contributed by atoms with E-state index in [1.54, 1.807) is 6.20 Å². The maximum Gasteiger partial charge on any atom is 0.173 e. The number of nitrogens with zero attached hydrogens (tertiary/aromatic N) is 2. The van der Waals surface area contributed by atoms with Crippen LogP contribution in [0.3, 0.4) is 0 Å². The highest BCUT2D eigenvalue weighted by molar-refractivity contribution is 5.99. The number of nitrogens with two attached hydrogens (primary N) is 1. The Kier molecular flexibility index (Phi) is 4.71. The Morgan fingerprint density at radius 3 is 3.04 bits per heavy atom. The second-order valence-corrected chi connectivity index (χ2v) is 7.40. The summed E-state index contributed by atoms with van der Waals surface area (Å²) >= 11 is 0. The monoisotopic (exact) mass is 380 g/mol. The molecule has 0 unspecified atom stereocenters. The molecule has 1 aromatic heterocycles. The van der Waals surface area contributed by atoms with Crippen molar-refractivity contribution in [3.05, 3.63) is 59.8 Å². The van der Waals surface area contributed by atoms with E-state index in [1.165, 1.54) is 0 Å². The lowest BCUT2D eigenvalue weighted by molar-refractivity contribution is 0.277. The highest BCUT2D eigenvalue weighted by Crippen LogP contribution is 2.52. The smallest absolute Gasteiger partial charge is 0.173 e. The van der Waals surface area contributed by atoms with Crippen LogP contribution < -0.4 is 20.7 Å². The van der Waals surface area contributed by atoms with Crippen molar-refractivity contribution in [3.8, 4) is 5.75 Å². The van der Waals surface area contributed by atoms with E-state index in [2.05, 4.69) is 28.7 Å². The lowest BCUT2D eigenvalue weighted by Crippen LogP contribution is -2.40. The van der Waals surface area contributed by atoms with Gasteiger partial charge >= 0.3 is 0 Å². The first-order valence-electron chi connectivity index (χ1n) is 9.56. The van der Waals surface area contributed by atoms with E-state index in [-0.39, 0.29) is 11.7 Å². The summed E-state index contributed by atoms with van der Waals surface area (Å²) in [6.07, 6.45) is 7.36. The molecule has 1 atom stereocenters. The Morgan fingerprint density at radius 1 is 1.46 bits per heavy atom. The van der Waals surface area contributed by atoms with E-state index >= 15 is 4.39 Å². The summed E-state index contributed by atoms with van der Waals surface area (Å²) in [4.78, 5) is 6.24. The van der Waals surface area contributed by atoms with Crippen LogP contribution in [-0.2, 0) is 6.42 Å². The van der Waals surface area contributed by atoms with E-state index in [4.69, 9.17) is 10.5 Å². The second kappa shape index (κ2) is 7.19. The number of pyridine rings is 1. The Labute approximate surface area is 164 Å². The zero-order valence-electron chi connectivity index (χ0n) is 16.3. The topological polar surface area (TPSA) is 63.4 Å². The van der Waals surface area contributed by atoms with E-state index in [9.17, 15) is 0 Å². The van der Waals surface area contributed by atoms with Crippen LogP contribution in [0.2, 0.25) is 0 Å². The van der Waals surface area contributed by atoms with Crippen molar-refractivity contribution in [2.24, 2.45) is 0 Å². The van der Waals surface area contributed by atoms with Crippen LogP contribution in [0.1, 0.15) is 31.4 Å². The van der Waals surface area contributed by atoms with Crippen molar-refractivity contribution in [1.29, 1.82) is 0 Å². The molecule has 0 amide bonds. The molecular weight excluding hydrogens is 355 g/mol. The van der Waals surface area contributed by atoms with E-state index < -0.39 is 5.82 Å². The molecule has 1 aromatic carbocycles. The average molecular weight is 380 g/mol. The quantitative estimate of drug-likeness (QED) is 0.596. The number of aromatic nitrogens is 1. The molecule has 0 radical (unpaired) electrons. The molecule has 4 rings (SSSR count). The minimum Gasteiger partial charge on any atom is -0.487 e. The number of ether oxygens (including phenoxy) is 1. The molecule has 0 spiro atoms. The molecule has 3 heterocycles. The van der Waals surface area contributed by atoms with Crippen molar-refractivity contribution in [2.45, 2.75) is 32.7 Å². The lowest BCUT2D eigenvalue weighted by Gasteiger charge is -2.40. The van der Waals surface area contributed by atoms with E-state index in [0.29, 0.717) is 30.2 Å². The summed E-state index contributed by atoms with van der Waals surface area (Å²) in [6.45, 7) is 9.24. The fraction of sp³-hybridized carbons (Fsp3) is 0.318. The van der Waals surface area contributed by atoms with Crippen molar-refractivity contribution >= 4 is 22.6 Å². The molecule has 28 heavy (non-hydrogen) atoms. The first-order chi connectivity index (χ1) is 13.5. The van der Waals surface area contributed by atoms with Crippen LogP contribution in [0.4, 0.5) is 21.5 Å². The van der Waals surface area contributed by atoms with Gasteiger partial charge in [-0.3, -0.25) is 4.98 Å². The number of hydrogen-bond donors (Lipinski definition) is 2. The standard InChI is InChI=1S/C22H25FN4O/c1-13-11-27-14(2)12-28-22-20(18(23)19(24)17(15(13)3)21(22)27)26-9-5-7-16-6-4-8-25-10-16/h4,6,8,10-11,14,26H,3,5,7,9,12,24H2,1-2H3/t14-/m0/s1. The Hall–Kier alpha value is -3.02. The fourth-order valence-electron chi connectivity index (χ4n) is 3.79. The molecular formula is C22H25FN4O. The van der Waals surface area contributed by atoms with Crippen LogP contribution in [-0.4, -0.2) is 24.2 Å². The number of nitrogen functional groups attached to an aromatic ring is 1. The number of rotatable bonds is 5. The molecule has 0 saturated carbocycles. The third-order valence-corrected chi connectivity index (χ3v) is 5.38. The normalized spacial score (nSPS) is 17.7. The first kappa shape index (κ1) is 18.3. The zero-order chi connectivity index (χ0) is 19.8. The van der Waals surface area contributed by atoms with Crippen LogP contribution in [0.25, 0.3) is 5.57 Å². The maximum absolute atomic E-state index is 15.2. The number of allylic oxidation sites excluding steroid dienone is 2. The summed E-state index contributed by atoms with van der Waals surface area (Å²) in [5, 5.41) is 3.21. The summed E-state index contributed by atoms with van der Waals surface area (Å²) in [5.74, 6) is 0.0477. The number of anilines is 3. The molecule has 0 aliphatic carbocycles. The maximum atomic E-state index is 15.2. The van der Waals surface area contributed by atoms with E-state index in [1.807, 2.05) is 31.5 Å². The summed E-state index contributed by atoms with van der Waals surface area (Å²) in [5.41, 5.74) is 11.0. The number of aryl methyl sites for hydroxylation is 1. The number of halogens is 1. The lowest BCUT2D eigenvalue weighted by atomic mass is 9.91. The molecule has 2 aliphatic rings. The van der Waals surface area contributed by atoms with Crippen molar-refractivity contribution < 1.29 is 9.13 Å². The van der Waals surface area contributed by atoms with Gasteiger partial charge in [0.05, 0.1) is 17.4 Å². The largest absolute Gasteiger partial charge is 0.487 e. The van der Waals surface area contributed by atoms with Gasteiger partial charge in [-0.2, -0.15) is 0 Å². The van der Waals surface area contributed by atoms with Gasteiger partial charge in [-0.05, 0) is 49.5 Å². The van der Waals surface area contributed by atoms with Crippen LogP contribution in [0.15, 0.2) is 42.9 Å². The highest BCUT2D eigenvalue weighted by atomic mass is 19.1. The Bertz CT molecular complexity index is 955. The van der Waals surface area contributed by atoms with Gasteiger partial charge < -0.3 is 20.7 Å². The first-order valence-corrected chi connectivity index (χ1v) is 9.56. The molecule has 146 valence electrons. The number of benzene rings is 1. The van der Waals surface area contributed by atoms with Crippen molar-refractivity contribution in [3.63, 3.8) is 0 Å². The van der Waals surface area contributed by atoms with Crippen LogP contribution >= 0.6 is 0 Å². The third kappa shape index (κ3) is 2.99. The number of hydrogen-bond acceptors (Lipinski definition) is 5. The molecule has 2 aromatic rings. The van der Waals surface area contributed by atoms with Crippen molar-refractivity contribution in [2.75, 3.05) is 29.1 Å². The molecule has 0 fully saturated rings. The van der Waals surface area contributed by atoms with Gasteiger partial charge in [0.2, 0.25) is 0 Å². The van der Waals surface area contributed by atoms with Gasteiger partial charge in [-0.25, -0.2) is 4.39 Å². The molecule has 5 nitrogen and oxygen atoms in total. The predicted molar refractivity (Wildman–Crippen MR) is 112 cm³/mol. The predicted octanol–water partition coefficient (Wildman–Crippen LogP) is 4.37. The Balaban J connectivity index is 1.63. The van der Waals surface area contributed by atoms with Crippen molar-refractivity contribution in [1.82, 2.24) is 4.98 Å². The summed E-state index contributed by atoms with van der Waals surface area (Å²) in [7, 11) is 0. The minimum absolute atomic E-state index is 0.119.